The number of methoxy groups -OCH3 is 2. The Morgan fingerprint density at radius 3 is 2.67 bits per heavy atom. The van der Waals surface area contributed by atoms with Gasteiger partial charge in [0.25, 0.3) is 5.89 Å². The molecule has 0 amide bonds. The van der Waals surface area contributed by atoms with E-state index in [9.17, 15) is 0 Å². The average molecular weight is 346 g/mol. The number of hydrogen-bond acceptors (Lipinski definition) is 8. The van der Waals surface area contributed by atoms with Crippen LogP contribution in [0.25, 0.3) is 22.2 Å². The third kappa shape index (κ3) is 3.05. The summed E-state index contributed by atoms with van der Waals surface area (Å²) < 4.78 is 16.0. The molecule has 0 atom stereocenters. The molecule has 7 nitrogen and oxygen atoms in total. The summed E-state index contributed by atoms with van der Waals surface area (Å²) in [7, 11) is 3.17. The van der Waals surface area contributed by atoms with Gasteiger partial charge in [-0.25, -0.2) is 4.98 Å². The first kappa shape index (κ1) is 16.3. The highest BCUT2D eigenvalue weighted by molar-refractivity contribution is 7.18. The van der Waals surface area contributed by atoms with E-state index in [0.29, 0.717) is 28.3 Å². The molecule has 24 heavy (non-hydrogen) atoms. The van der Waals surface area contributed by atoms with E-state index in [-0.39, 0.29) is 0 Å². The fourth-order valence-electron chi connectivity index (χ4n) is 2.35. The van der Waals surface area contributed by atoms with Gasteiger partial charge in [-0.05, 0) is 24.6 Å². The van der Waals surface area contributed by atoms with Crippen LogP contribution in [0.1, 0.15) is 19.0 Å². The van der Waals surface area contributed by atoms with Gasteiger partial charge in [-0.1, -0.05) is 29.8 Å². The van der Waals surface area contributed by atoms with E-state index in [1.165, 1.54) is 11.3 Å². The van der Waals surface area contributed by atoms with E-state index < -0.39 is 0 Å². The molecule has 2 heterocycles. The van der Waals surface area contributed by atoms with E-state index in [1.54, 1.807) is 26.4 Å². The van der Waals surface area contributed by atoms with Crippen LogP contribution in [0.3, 0.4) is 0 Å². The van der Waals surface area contributed by atoms with Gasteiger partial charge in [0.15, 0.2) is 16.6 Å². The molecule has 0 aliphatic rings. The number of aryl methyl sites for hydroxylation is 1. The molecule has 0 aliphatic heterocycles. The fourth-order valence-corrected chi connectivity index (χ4v) is 3.15. The summed E-state index contributed by atoms with van der Waals surface area (Å²) in [5, 5.41) is 4.56. The highest BCUT2D eigenvalue weighted by Crippen LogP contribution is 2.34. The Morgan fingerprint density at radius 1 is 1.17 bits per heavy atom. The maximum Gasteiger partial charge on any atom is 0.270 e. The third-order valence-corrected chi connectivity index (χ3v) is 4.38. The number of nitrogens with zero attached hydrogens (tertiary/aromatic N) is 3. The van der Waals surface area contributed by atoms with Gasteiger partial charge in [-0.3, -0.25) is 0 Å². The zero-order valence-electron chi connectivity index (χ0n) is 13.7. The molecular weight excluding hydrogens is 328 g/mol. The molecule has 8 heteroatoms. The van der Waals surface area contributed by atoms with Crippen LogP contribution in [0.4, 0.5) is 5.13 Å². The van der Waals surface area contributed by atoms with Crippen LogP contribution < -0.4 is 15.2 Å². The van der Waals surface area contributed by atoms with E-state index in [0.717, 1.165) is 29.0 Å². The van der Waals surface area contributed by atoms with E-state index in [1.807, 2.05) is 6.07 Å². The van der Waals surface area contributed by atoms with Crippen molar-refractivity contribution in [3.63, 3.8) is 0 Å². The molecule has 126 valence electrons. The highest BCUT2D eigenvalue weighted by atomic mass is 32.1. The van der Waals surface area contributed by atoms with Crippen molar-refractivity contribution in [1.82, 2.24) is 15.1 Å². The zero-order chi connectivity index (χ0) is 17.1. The van der Waals surface area contributed by atoms with Crippen molar-refractivity contribution in [3.05, 3.63) is 23.9 Å². The number of nitrogen functional groups attached to an aromatic ring is 1. The Balaban J connectivity index is 1.96. The van der Waals surface area contributed by atoms with Crippen molar-refractivity contribution in [2.75, 3.05) is 20.0 Å². The Kier molecular flexibility index (Phi) is 4.66. The molecule has 0 radical (unpaired) electrons. The second-order valence-corrected chi connectivity index (χ2v) is 6.10. The Labute approximate surface area is 143 Å². The van der Waals surface area contributed by atoms with Gasteiger partial charge in [0.2, 0.25) is 5.82 Å². The van der Waals surface area contributed by atoms with Crippen molar-refractivity contribution in [2.45, 2.75) is 19.8 Å². The molecule has 0 saturated carbocycles. The maximum atomic E-state index is 5.82. The summed E-state index contributed by atoms with van der Waals surface area (Å²) in [6.45, 7) is 2.09. The summed E-state index contributed by atoms with van der Waals surface area (Å²) >= 11 is 1.36. The first-order chi connectivity index (χ1) is 11.7. The number of thiazole rings is 1. The van der Waals surface area contributed by atoms with Gasteiger partial charge in [-0.15, -0.1) is 0 Å². The standard InChI is InChI=1S/C16H18N4O3S/c1-4-5-10-13(24-16(17)18-10)15-19-14(20-23-15)9-6-7-11(21-2)12(8-9)22-3/h6-8H,4-5H2,1-3H3,(H2,17,18). The van der Waals surface area contributed by atoms with Crippen LogP contribution >= 0.6 is 11.3 Å². The van der Waals surface area contributed by atoms with E-state index in [2.05, 4.69) is 22.0 Å². The van der Waals surface area contributed by atoms with Crippen LogP contribution in [0.15, 0.2) is 22.7 Å². The molecule has 3 rings (SSSR count). The van der Waals surface area contributed by atoms with Gasteiger partial charge in [0, 0.05) is 5.56 Å². The van der Waals surface area contributed by atoms with Crippen molar-refractivity contribution in [3.8, 4) is 33.7 Å². The molecule has 1 aromatic carbocycles. The van der Waals surface area contributed by atoms with Gasteiger partial charge in [0.05, 0.1) is 19.9 Å². The predicted octanol–water partition coefficient (Wildman–Crippen LogP) is 3.41. The molecule has 0 unspecified atom stereocenters. The number of anilines is 1. The lowest BCUT2D eigenvalue weighted by molar-refractivity contribution is 0.355. The van der Waals surface area contributed by atoms with Crippen molar-refractivity contribution >= 4 is 16.5 Å². The minimum absolute atomic E-state index is 0.428. The molecule has 0 aliphatic carbocycles. The smallest absolute Gasteiger partial charge is 0.270 e. The van der Waals surface area contributed by atoms with Crippen LogP contribution in [0, 0.1) is 0 Å². The second-order valence-electron chi connectivity index (χ2n) is 5.07. The van der Waals surface area contributed by atoms with Crippen LogP contribution in [0.2, 0.25) is 0 Å². The minimum atomic E-state index is 0.428. The molecule has 3 aromatic rings. The normalized spacial score (nSPS) is 10.8. The topological polar surface area (TPSA) is 96.3 Å². The van der Waals surface area contributed by atoms with Crippen LogP contribution in [-0.2, 0) is 6.42 Å². The maximum absolute atomic E-state index is 5.82. The lowest BCUT2D eigenvalue weighted by Crippen LogP contribution is -1.91. The lowest BCUT2D eigenvalue weighted by atomic mass is 10.2. The van der Waals surface area contributed by atoms with E-state index in [4.69, 9.17) is 19.7 Å². The summed E-state index contributed by atoms with van der Waals surface area (Å²) in [4.78, 5) is 9.65. The zero-order valence-corrected chi connectivity index (χ0v) is 14.5. The van der Waals surface area contributed by atoms with Gasteiger partial charge in [-0.2, -0.15) is 4.98 Å². The first-order valence-electron chi connectivity index (χ1n) is 7.48. The lowest BCUT2D eigenvalue weighted by Gasteiger charge is -2.07. The molecule has 0 bridgehead atoms. The van der Waals surface area contributed by atoms with Gasteiger partial charge < -0.3 is 19.7 Å². The average Bonchev–Trinajstić information content (AvgIpc) is 3.21. The van der Waals surface area contributed by atoms with Crippen molar-refractivity contribution < 1.29 is 14.0 Å². The first-order valence-corrected chi connectivity index (χ1v) is 8.29. The number of aromatic nitrogens is 3. The number of benzene rings is 1. The van der Waals surface area contributed by atoms with Gasteiger partial charge >= 0.3 is 0 Å². The second kappa shape index (κ2) is 6.88. The van der Waals surface area contributed by atoms with Gasteiger partial charge in [0.1, 0.15) is 4.88 Å². The Bertz CT molecular complexity index is 844. The Morgan fingerprint density at radius 2 is 1.96 bits per heavy atom. The van der Waals surface area contributed by atoms with E-state index >= 15 is 0 Å². The van der Waals surface area contributed by atoms with Crippen LogP contribution in [-0.4, -0.2) is 29.3 Å². The quantitative estimate of drug-likeness (QED) is 0.730. The summed E-state index contributed by atoms with van der Waals surface area (Å²) in [6.07, 6.45) is 1.78. The molecule has 0 saturated heterocycles. The number of rotatable bonds is 6. The minimum Gasteiger partial charge on any atom is -0.493 e. The fraction of sp³-hybridized carbons (Fsp3) is 0.312. The summed E-state index contributed by atoms with van der Waals surface area (Å²) in [5.41, 5.74) is 7.49. The number of hydrogen-bond donors (Lipinski definition) is 1. The molecule has 0 fully saturated rings. The van der Waals surface area contributed by atoms with Crippen molar-refractivity contribution in [1.29, 1.82) is 0 Å². The Hall–Kier alpha value is -2.61. The van der Waals surface area contributed by atoms with Crippen LogP contribution in [0.5, 0.6) is 11.5 Å². The monoisotopic (exact) mass is 346 g/mol. The SMILES string of the molecule is CCCc1nc(N)sc1-c1nc(-c2ccc(OC)c(OC)c2)no1. The summed E-state index contributed by atoms with van der Waals surface area (Å²) in [6, 6.07) is 5.46. The molecular formula is C16H18N4O3S. The third-order valence-electron chi connectivity index (χ3n) is 3.46. The summed E-state index contributed by atoms with van der Waals surface area (Å²) in [5.74, 6) is 2.15. The highest BCUT2D eigenvalue weighted by Gasteiger charge is 2.19. The van der Waals surface area contributed by atoms with Crippen molar-refractivity contribution in [2.24, 2.45) is 0 Å². The predicted molar refractivity (Wildman–Crippen MR) is 92.4 cm³/mol. The molecule has 2 aromatic heterocycles. The number of nitrogens with two attached hydrogens (primary N) is 1. The number of ether oxygens (including phenoxy) is 2. The largest absolute Gasteiger partial charge is 0.493 e. The molecule has 2 N–H and O–H groups in total. The molecule has 0 spiro atoms.